The van der Waals surface area contributed by atoms with Crippen molar-refractivity contribution in [3.63, 3.8) is 0 Å². The average Bonchev–Trinajstić information content (AvgIpc) is 2.25. The van der Waals surface area contributed by atoms with E-state index < -0.39 is 5.97 Å². The number of nitrogens with zero attached hydrogens (tertiary/aromatic N) is 1. The molecule has 0 aromatic heterocycles. The molecule has 0 bridgehead atoms. The Bertz CT molecular complexity index is 84.3. The van der Waals surface area contributed by atoms with Crippen LogP contribution in [0.5, 0.6) is 0 Å². The van der Waals surface area contributed by atoms with Crippen molar-refractivity contribution in [2.24, 2.45) is 0 Å². The number of carboxylic acid groups (broad SMARTS) is 1. The van der Waals surface area contributed by atoms with Gasteiger partial charge in [0.15, 0.2) is 0 Å². The molecule has 0 aromatic carbocycles. The molecule has 0 aromatic rings. The van der Waals surface area contributed by atoms with Crippen LogP contribution in [-0.4, -0.2) is 47.8 Å². The minimum atomic E-state index is -0.833. The number of aliphatic carboxylic acids is 1. The molecular formula is C11H28NO3. The minimum Gasteiger partial charge on any atom is -0.481 e. The molecule has 0 rings (SSSR count). The van der Waals surface area contributed by atoms with Gasteiger partial charge in [0.25, 0.3) is 5.97 Å². The fourth-order valence-corrected chi connectivity index (χ4v) is 0.671. The van der Waals surface area contributed by atoms with Crippen LogP contribution in [0.2, 0.25) is 0 Å². The Hall–Kier alpha value is -0.610. The van der Waals surface area contributed by atoms with E-state index in [0.717, 1.165) is 14.0 Å². The van der Waals surface area contributed by atoms with Crippen molar-refractivity contribution in [1.29, 1.82) is 0 Å². The summed E-state index contributed by atoms with van der Waals surface area (Å²) in [5.74, 6) is -0.833. The molecule has 0 saturated heterocycles. The highest BCUT2D eigenvalue weighted by atomic mass is 16.4. The summed E-state index contributed by atoms with van der Waals surface area (Å²) in [5, 5.41) is 14.4. The van der Waals surface area contributed by atoms with Gasteiger partial charge in [-0.3, -0.25) is 4.79 Å². The van der Waals surface area contributed by atoms with E-state index in [4.69, 9.17) is 15.0 Å². The predicted octanol–water partition coefficient (Wildman–Crippen LogP) is 1.89. The van der Waals surface area contributed by atoms with Gasteiger partial charge in [0.2, 0.25) is 0 Å². The Morgan fingerprint density at radius 3 is 1.20 bits per heavy atom. The summed E-state index contributed by atoms with van der Waals surface area (Å²) in [5.41, 5.74) is 0. The summed E-state index contributed by atoms with van der Waals surface area (Å²) < 4.78 is 0. The minimum absolute atomic E-state index is 0.833. The van der Waals surface area contributed by atoms with E-state index in [-0.39, 0.29) is 0 Å². The fraction of sp³-hybridized carbons (Fsp3) is 0.818. The van der Waals surface area contributed by atoms with Crippen LogP contribution in [0, 0.1) is 6.92 Å². The summed E-state index contributed by atoms with van der Waals surface area (Å²) >= 11 is 0. The first-order valence-electron chi connectivity index (χ1n) is 5.15. The normalized spacial score (nSPS) is 7.27. The second-order valence-corrected chi connectivity index (χ2v) is 2.14. The van der Waals surface area contributed by atoms with Crippen LogP contribution in [0.25, 0.3) is 0 Å². The van der Waals surface area contributed by atoms with Crippen LogP contribution in [0.3, 0.4) is 0 Å². The van der Waals surface area contributed by atoms with Crippen molar-refractivity contribution in [1.82, 2.24) is 4.90 Å². The lowest BCUT2D eigenvalue weighted by Crippen LogP contribution is -2.21. The Morgan fingerprint density at radius 2 is 1.20 bits per heavy atom. The number of hydrogen-bond acceptors (Lipinski definition) is 3. The second-order valence-electron chi connectivity index (χ2n) is 2.14. The maximum Gasteiger partial charge on any atom is 0.300 e. The zero-order valence-electron chi connectivity index (χ0n) is 11.1. The first kappa shape index (κ1) is 23.9. The smallest absolute Gasteiger partial charge is 0.300 e. The van der Waals surface area contributed by atoms with Crippen molar-refractivity contribution in [2.75, 3.05) is 26.7 Å². The topological polar surface area (TPSA) is 60.8 Å². The first-order chi connectivity index (χ1) is 7.08. The van der Waals surface area contributed by atoms with Gasteiger partial charge >= 0.3 is 0 Å². The third-order valence-electron chi connectivity index (χ3n) is 1.34. The van der Waals surface area contributed by atoms with Crippen LogP contribution < -0.4 is 0 Å². The highest BCUT2D eigenvalue weighted by Crippen LogP contribution is 1.81. The van der Waals surface area contributed by atoms with E-state index in [9.17, 15) is 0 Å². The van der Waals surface area contributed by atoms with Crippen molar-refractivity contribution < 1.29 is 15.0 Å². The van der Waals surface area contributed by atoms with Crippen molar-refractivity contribution >= 4 is 5.97 Å². The van der Waals surface area contributed by atoms with E-state index in [1.54, 1.807) is 6.92 Å². The highest BCUT2D eigenvalue weighted by Gasteiger charge is 1.89. The molecule has 15 heavy (non-hydrogen) atoms. The Kier molecular flexibility index (Phi) is 46.5. The van der Waals surface area contributed by atoms with Crippen LogP contribution >= 0.6 is 0 Å². The molecule has 0 aliphatic carbocycles. The van der Waals surface area contributed by atoms with Crippen LogP contribution in [-0.2, 0) is 4.79 Å². The zero-order valence-corrected chi connectivity index (χ0v) is 11.1. The summed E-state index contributed by atoms with van der Waals surface area (Å²) in [6.07, 6.45) is 0. The predicted molar refractivity (Wildman–Crippen MR) is 65.9 cm³/mol. The molecule has 0 aliphatic heterocycles. The molecule has 95 valence electrons. The molecule has 0 aliphatic rings. The molecule has 0 spiro atoms. The van der Waals surface area contributed by atoms with E-state index in [1.807, 2.05) is 0 Å². The lowest BCUT2D eigenvalue weighted by atomic mass is 10.5. The fourth-order valence-electron chi connectivity index (χ4n) is 0.671. The van der Waals surface area contributed by atoms with E-state index in [0.29, 0.717) is 0 Å². The number of carboxylic acids is 1. The number of hydrogen-bond donors (Lipinski definition) is 2. The average molecular weight is 222 g/mol. The zero-order chi connectivity index (χ0) is 13.3. The summed E-state index contributed by atoms with van der Waals surface area (Å²) in [6.45, 7) is 16.2. The molecule has 1 radical (unpaired) electrons. The molecule has 2 N–H and O–H groups in total. The monoisotopic (exact) mass is 222 g/mol. The lowest BCUT2D eigenvalue weighted by molar-refractivity contribution is -0.134. The van der Waals surface area contributed by atoms with Gasteiger partial charge in [-0.15, -0.1) is 0 Å². The van der Waals surface area contributed by atoms with Gasteiger partial charge in [-0.25, -0.2) is 0 Å². The Morgan fingerprint density at radius 1 is 1.07 bits per heavy atom. The molecule has 0 atom stereocenters. The Labute approximate surface area is 94.9 Å². The second kappa shape index (κ2) is 29.2. The lowest BCUT2D eigenvalue weighted by Gasteiger charge is -2.13. The van der Waals surface area contributed by atoms with Gasteiger partial charge < -0.3 is 15.1 Å². The van der Waals surface area contributed by atoms with Crippen molar-refractivity contribution in [3.8, 4) is 0 Å². The van der Waals surface area contributed by atoms with Crippen molar-refractivity contribution in [2.45, 2.75) is 34.6 Å². The third kappa shape index (κ3) is 59.8. The van der Waals surface area contributed by atoms with Gasteiger partial charge in [-0.2, -0.15) is 0 Å². The van der Waals surface area contributed by atoms with Gasteiger partial charge in [-0.05, 0) is 19.6 Å². The molecule has 0 heterocycles. The number of aliphatic hydroxyl groups is 1. The van der Waals surface area contributed by atoms with E-state index in [2.05, 4.69) is 32.6 Å². The van der Waals surface area contributed by atoms with Crippen molar-refractivity contribution in [3.05, 3.63) is 6.92 Å². The van der Waals surface area contributed by atoms with Gasteiger partial charge in [0, 0.05) is 14.0 Å². The molecule has 4 heteroatoms. The van der Waals surface area contributed by atoms with Gasteiger partial charge in [-0.1, -0.05) is 34.6 Å². The number of rotatable bonds is 3. The Balaban J connectivity index is -0.0000000647. The van der Waals surface area contributed by atoms with Gasteiger partial charge in [0.05, 0.1) is 0 Å². The molecule has 0 saturated carbocycles. The maximum absolute atomic E-state index is 9.00. The summed E-state index contributed by atoms with van der Waals surface area (Å²) in [4.78, 5) is 11.4. The molecule has 0 amide bonds. The van der Waals surface area contributed by atoms with Crippen LogP contribution in [0.4, 0.5) is 0 Å². The third-order valence-corrected chi connectivity index (χ3v) is 1.34. The first-order valence-corrected chi connectivity index (χ1v) is 5.15. The van der Waals surface area contributed by atoms with Gasteiger partial charge in [0.1, 0.15) is 0 Å². The molecule has 4 nitrogen and oxygen atoms in total. The molecule has 0 unspecified atom stereocenters. The maximum atomic E-state index is 9.00. The molecular weight excluding hydrogens is 194 g/mol. The van der Waals surface area contributed by atoms with Crippen LogP contribution in [0.1, 0.15) is 34.6 Å². The van der Waals surface area contributed by atoms with Crippen LogP contribution in [0.15, 0.2) is 0 Å². The molecule has 0 fully saturated rings. The number of aliphatic hydroxyl groups excluding tert-OH is 1. The quantitative estimate of drug-likeness (QED) is 0.765. The summed E-state index contributed by atoms with van der Waals surface area (Å²) in [6, 6.07) is 0. The largest absolute Gasteiger partial charge is 0.481 e. The van der Waals surface area contributed by atoms with E-state index in [1.165, 1.54) is 19.6 Å². The highest BCUT2D eigenvalue weighted by molar-refractivity contribution is 5.62. The van der Waals surface area contributed by atoms with E-state index >= 15 is 0 Å². The number of carbonyl (C=O) groups is 1. The summed E-state index contributed by atoms with van der Waals surface area (Å²) in [7, 11) is 1.00. The SMILES string of the molecule is CC(=O)O.CCN(CC)CC.CO.[CH2]C. The standard InChI is InChI=1S/C6H15N.C2H4O2.C2H5.CH4O/c1-4-7(5-2)6-3;1-2(3)4;2*1-2/h4-6H2,1-3H3;1H3,(H,3,4);1H2,2H3;2H,1H3.